The Morgan fingerprint density at radius 2 is 1.81 bits per heavy atom. The lowest BCUT2D eigenvalue weighted by atomic mass is 9.83. The van der Waals surface area contributed by atoms with Gasteiger partial charge in [0, 0.05) is 11.6 Å². The third kappa shape index (κ3) is 8.10. The first-order chi connectivity index (χ1) is 12.7. The quantitative estimate of drug-likeness (QED) is 0.516. The fraction of sp³-hybridized carbons (Fsp3) is 0.739. The fourth-order valence-corrected chi connectivity index (χ4v) is 3.14. The van der Waals surface area contributed by atoms with E-state index in [4.69, 9.17) is 15.2 Å². The van der Waals surface area contributed by atoms with Crippen LogP contribution >= 0.6 is 0 Å². The van der Waals surface area contributed by atoms with E-state index in [0.717, 1.165) is 36.0 Å². The van der Waals surface area contributed by atoms with Crippen LogP contribution in [0.5, 0.6) is 11.5 Å². The molecule has 0 aliphatic rings. The van der Waals surface area contributed by atoms with Crippen molar-refractivity contribution in [1.82, 2.24) is 0 Å². The average molecular weight is 380 g/mol. The minimum absolute atomic E-state index is 0.0110. The summed E-state index contributed by atoms with van der Waals surface area (Å²) >= 11 is 0. The number of benzene rings is 1. The van der Waals surface area contributed by atoms with Gasteiger partial charge in [0.1, 0.15) is 11.5 Å². The third-order valence-corrected chi connectivity index (χ3v) is 5.58. The van der Waals surface area contributed by atoms with Crippen LogP contribution in [0.3, 0.4) is 0 Å². The lowest BCUT2D eigenvalue weighted by molar-refractivity contribution is 0.146. The summed E-state index contributed by atoms with van der Waals surface area (Å²) in [6.45, 7) is 11.6. The van der Waals surface area contributed by atoms with Gasteiger partial charge in [-0.1, -0.05) is 53.5 Å². The molecule has 27 heavy (non-hydrogen) atoms. The number of aliphatic hydroxyl groups excluding tert-OH is 1. The minimum atomic E-state index is -0.564. The van der Waals surface area contributed by atoms with Crippen LogP contribution in [0.4, 0.5) is 0 Å². The monoisotopic (exact) mass is 379 g/mol. The van der Waals surface area contributed by atoms with Gasteiger partial charge in [-0.2, -0.15) is 0 Å². The summed E-state index contributed by atoms with van der Waals surface area (Å²) in [5.41, 5.74) is 6.87. The number of hydrogen-bond donors (Lipinski definition) is 2. The molecule has 0 saturated heterocycles. The third-order valence-electron chi connectivity index (χ3n) is 5.58. The number of nitrogens with two attached hydrogens (primary N) is 1. The first-order valence-corrected chi connectivity index (χ1v) is 10.4. The van der Waals surface area contributed by atoms with Crippen molar-refractivity contribution in [2.24, 2.45) is 23.5 Å². The highest BCUT2D eigenvalue weighted by Gasteiger charge is 2.28. The molecule has 0 amide bonds. The molecule has 4 heteroatoms. The molecule has 0 aliphatic carbocycles. The van der Waals surface area contributed by atoms with Crippen molar-refractivity contribution in [1.29, 1.82) is 0 Å². The topological polar surface area (TPSA) is 64.7 Å². The van der Waals surface area contributed by atoms with Gasteiger partial charge in [0.05, 0.1) is 20.3 Å². The first kappa shape index (κ1) is 23.8. The molecule has 1 aromatic carbocycles. The Labute approximate surface area is 166 Å². The van der Waals surface area contributed by atoms with Crippen LogP contribution in [-0.2, 0) is 6.42 Å². The van der Waals surface area contributed by atoms with E-state index in [-0.39, 0.29) is 12.5 Å². The SMILES string of the molecule is COc1cc(OCC(C)CCCC(C)C)ccc1CCC(N)(CO)C(C)C. The van der Waals surface area contributed by atoms with Crippen LogP contribution in [0.15, 0.2) is 18.2 Å². The van der Waals surface area contributed by atoms with Crippen molar-refractivity contribution >= 4 is 0 Å². The van der Waals surface area contributed by atoms with Gasteiger partial charge in [-0.3, -0.25) is 0 Å². The molecule has 0 bridgehead atoms. The summed E-state index contributed by atoms with van der Waals surface area (Å²) in [4.78, 5) is 0. The molecule has 2 atom stereocenters. The molecule has 0 saturated carbocycles. The normalized spacial score (nSPS) is 15.0. The Kier molecular flexibility index (Phi) is 10.2. The van der Waals surface area contributed by atoms with Crippen LogP contribution in [0.1, 0.15) is 65.9 Å². The molecule has 0 aromatic heterocycles. The maximum absolute atomic E-state index is 9.64. The van der Waals surface area contributed by atoms with E-state index < -0.39 is 5.54 Å². The summed E-state index contributed by atoms with van der Waals surface area (Å²) < 4.78 is 11.5. The standard InChI is InChI=1S/C23H41NO3/c1-17(2)8-7-9-19(5)15-27-21-11-10-20(22(14-21)26-6)12-13-23(24,16-25)18(3)4/h10-11,14,17-19,25H,7-9,12-13,15-16,24H2,1-6H3. The molecule has 1 rings (SSSR count). The van der Waals surface area contributed by atoms with Crippen molar-refractivity contribution in [3.63, 3.8) is 0 Å². The largest absolute Gasteiger partial charge is 0.496 e. The van der Waals surface area contributed by atoms with Crippen LogP contribution < -0.4 is 15.2 Å². The predicted molar refractivity (Wildman–Crippen MR) is 114 cm³/mol. The molecule has 4 nitrogen and oxygen atoms in total. The van der Waals surface area contributed by atoms with Gasteiger partial charge in [-0.05, 0) is 48.6 Å². The van der Waals surface area contributed by atoms with E-state index in [1.54, 1.807) is 7.11 Å². The molecule has 0 heterocycles. The van der Waals surface area contributed by atoms with E-state index in [2.05, 4.69) is 26.8 Å². The minimum Gasteiger partial charge on any atom is -0.496 e. The highest BCUT2D eigenvalue weighted by Crippen LogP contribution is 2.29. The number of aliphatic hydroxyl groups is 1. The van der Waals surface area contributed by atoms with Gasteiger partial charge in [0.15, 0.2) is 0 Å². The molecular formula is C23H41NO3. The van der Waals surface area contributed by atoms with Gasteiger partial charge in [-0.25, -0.2) is 0 Å². The van der Waals surface area contributed by atoms with Gasteiger partial charge in [-0.15, -0.1) is 0 Å². The van der Waals surface area contributed by atoms with Gasteiger partial charge in [0.2, 0.25) is 0 Å². The summed E-state index contributed by atoms with van der Waals surface area (Å²) in [5, 5.41) is 9.64. The van der Waals surface area contributed by atoms with Crippen LogP contribution in [0, 0.1) is 17.8 Å². The van der Waals surface area contributed by atoms with Crippen molar-refractivity contribution in [2.45, 2.75) is 72.3 Å². The lowest BCUT2D eigenvalue weighted by Gasteiger charge is -2.31. The number of hydrogen-bond acceptors (Lipinski definition) is 4. The zero-order valence-electron chi connectivity index (χ0n) is 18.3. The van der Waals surface area contributed by atoms with Gasteiger partial charge < -0.3 is 20.3 Å². The van der Waals surface area contributed by atoms with Gasteiger partial charge in [0.25, 0.3) is 0 Å². The molecule has 156 valence electrons. The fourth-order valence-electron chi connectivity index (χ4n) is 3.14. The second-order valence-corrected chi connectivity index (χ2v) is 8.76. The smallest absolute Gasteiger partial charge is 0.125 e. The molecule has 1 aromatic rings. The molecule has 3 N–H and O–H groups in total. The van der Waals surface area contributed by atoms with E-state index in [1.165, 1.54) is 19.3 Å². The Balaban J connectivity index is 2.61. The maximum atomic E-state index is 9.64. The van der Waals surface area contributed by atoms with Crippen LogP contribution in [0.25, 0.3) is 0 Å². The van der Waals surface area contributed by atoms with Crippen LogP contribution in [-0.4, -0.2) is 31.0 Å². The number of methoxy groups -OCH3 is 1. The second kappa shape index (κ2) is 11.6. The number of rotatable bonds is 13. The zero-order chi connectivity index (χ0) is 20.4. The Hall–Kier alpha value is -1.26. The van der Waals surface area contributed by atoms with Crippen molar-refractivity contribution < 1.29 is 14.6 Å². The second-order valence-electron chi connectivity index (χ2n) is 8.76. The molecular weight excluding hydrogens is 338 g/mol. The summed E-state index contributed by atoms with van der Waals surface area (Å²) in [5.74, 6) is 3.19. The van der Waals surface area contributed by atoms with Crippen LogP contribution in [0.2, 0.25) is 0 Å². The Morgan fingerprint density at radius 3 is 2.37 bits per heavy atom. The van der Waals surface area contributed by atoms with Crippen molar-refractivity contribution in [3.05, 3.63) is 23.8 Å². The Bertz CT molecular complexity index is 544. The van der Waals surface area contributed by atoms with E-state index in [1.807, 2.05) is 26.0 Å². The summed E-state index contributed by atoms with van der Waals surface area (Å²) in [7, 11) is 1.68. The molecule has 0 radical (unpaired) electrons. The zero-order valence-corrected chi connectivity index (χ0v) is 18.3. The van der Waals surface area contributed by atoms with E-state index >= 15 is 0 Å². The van der Waals surface area contributed by atoms with E-state index in [9.17, 15) is 5.11 Å². The van der Waals surface area contributed by atoms with E-state index in [0.29, 0.717) is 12.3 Å². The van der Waals surface area contributed by atoms with Crippen molar-refractivity contribution in [2.75, 3.05) is 20.3 Å². The predicted octanol–water partition coefficient (Wildman–Crippen LogP) is 4.81. The molecule has 0 spiro atoms. The summed E-state index contributed by atoms with van der Waals surface area (Å²) in [6, 6.07) is 6.02. The van der Waals surface area contributed by atoms with Gasteiger partial charge >= 0.3 is 0 Å². The first-order valence-electron chi connectivity index (χ1n) is 10.4. The molecule has 2 unspecified atom stereocenters. The lowest BCUT2D eigenvalue weighted by Crippen LogP contribution is -2.48. The van der Waals surface area contributed by atoms with Crippen molar-refractivity contribution in [3.8, 4) is 11.5 Å². The summed E-state index contributed by atoms with van der Waals surface area (Å²) in [6.07, 6.45) is 5.21. The highest BCUT2D eigenvalue weighted by molar-refractivity contribution is 5.41. The molecule has 0 aliphatic heterocycles. The number of ether oxygens (including phenoxy) is 2. The Morgan fingerprint density at radius 1 is 1.11 bits per heavy atom. The average Bonchev–Trinajstić information content (AvgIpc) is 2.64. The number of aryl methyl sites for hydroxylation is 1. The maximum Gasteiger partial charge on any atom is 0.125 e. The molecule has 0 fully saturated rings. The highest BCUT2D eigenvalue weighted by atomic mass is 16.5.